The van der Waals surface area contributed by atoms with E-state index in [0.29, 0.717) is 6.61 Å². The largest absolute Gasteiger partial charge is 0.354 e. The van der Waals surface area contributed by atoms with Gasteiger partial charge in [-0.05, 0) is 0 Å². The van der Waals surface area contributed by atoms with Crippen LogP contribution in [0.15, 0.2) is 0 Å². The number of rotatable bonds is 4. The van der Waals surface area contributed by atoms with E-state index in [2.05, 4.69) is 21.1 Å². The van der Waals surface area contributed by atoms with Crippen LogP contribution in [0.25, 0.3) is 0 Å². The zero-order valence-corrected chi connectivity index (χ0v) is 7.79. The molecule has 4 nitrogen and oxygen atoms in total. The number of ether oxygens (including phenoxy) is 1. The molecule has 0 rings (SSSR count). The maximum Gasteiger partial charge on any atom is 0.219 e. The van der Waals surface area contributed by atoms with Crippen molar-refractivity contribution in [2.75, 3.05) is 34.3 Å². The maximum absolute atomic E-state index is 8.96. The first kappa shape index (κ1) is 10.8. The molecular weight excluding hydrogens is 144 g/mol. The molecule has 0 aliphatic heterocycles. The van der Waals surface area contributed by atoms with Crippen molar-refractivity contribution in [3.63, 3.8) is 0 Å². The molecule has 0 fully saturated rings. The summed E-state index contributed by atoms with van der Waals surface area (Å²) in [5, 5.41) is 8.96. The number of aliphatic hydroxyl groups is 1. The number of hydrogen-bond acceptors (Lipinski definition) is 3. The first-order chi connectivity index (χ1) is 4.71. The van der Waals surface area contributed by atoms with Gasteiger partial charge in [0.15, 0.2) is 0 Å². The maximum atomic E-state index is 8.96. The van der Waals surface area contributed by atoms with Crippen molar-refractivity contribution in [2.45, 2.75) is 12.8 Å². The highest BCUT2D eigenvalue weighted by atomic mass is 16.6. The van der Waals surface area contributed by atoms with E-state index < -0.39 is 5.91 Å². The second-order valence-electron chi connectivity index (χ2n) is 3.92. The topological polar surface area (TPSA) is 55.5 Å². The molecule has 0 spiro atoms. The summed E-state index contributed by atoms with van der Waals surface area (Å²) in [6, 6.07) is 0. The monoisotopic (exact) mass is 163 g/mol. The number of likely N-dealkylation sites (N-methyl/N-ethyl adjacent to an activating group) is 1. The highest BCUT2D eigenvalue weighted by molar-refractivity contribution is 4.44. The standard InChI is InChI=1S/C7H19N2O2/c1-7(8,10)11-6-5-9(2,3)4/h10H,5-6,8H2,1-4H3/q+1. The van der Waals surface area contributed by atoms with E-state index in [1.165, 1.54) is 6.92 Å². The summed E-state index contributed by atoms with van der Waals surface area (Å²) in [5.74, 6) is -1.49. The molecule has 0 bridgehead atoms. The molecule has 0 heterocycles. The number of quaternary nitrogens is 1. The van der Waals surface area contributed by atoms with Crippen molar-refractivity contribution in [2.24, 2.45) is 5.73 Å². The van der Waals surface area contributed by atoms with Gasteiger partial charge in [-0.1, -0.05) is 0 Å². The minimum absolute atomic E-state index is 0.465. The van der Waals surface area contributed by atoms with Crippen LogP contribution in [0.2, 0.25) is 0 Å². The van der Waals surface area contributed by atoms with Crippen LogP contribution in [-0.4, -0.2) is 49.8 Å². The van der Waals surface area contributed by atoms with E-state index in [1.54, 1.807) is 0 Å². The Morgan fingerprint density at radius 2 is 1.91 bits per heavy atom. The number of nitrogens with two attached hydrogens (primary N) is 1. The van der Waals surface area contributed by atoms with E-state index in [4.69, 9.17) is 15.6 Å². The Morgan fingerprint density at radius 3 is 2.18 bits per heavy atom. The fourth-order valence-electron chi connectivity index (χ4n) is 0.526. The minimum atomic E-state index is -1.49. The molecule has 0 saturated carbocycles. The molecule has 1 atom stereocenters. The first-order valence-corrected chi connectivity index (χ1v) is 3.66. The van der Waals surface area contributed by atoms with Gasteiger partial charge in [-0.3, -0.25) is 5.73 Å². The van der Waals surface area contributed by atoms with Gasteiger partial charge in [0.05, 0.1) is 21.1 Å². The smallest absolute Gasteiger partial charge is 0.219 e. The van der Waals surface area contributed by atoms with E-state index in [0.717, 1.165) is 11.0 Å². The van der Waals surface area contributed by atoms with Gasteiger partial charge in [0.1, 0.15) is 13.2 Å². The van der Waals surface area contributed by atoms with Crippen molar-refractivity contribution in [1.29, 1.82) is 0 Å². The summed E-state index contributed by atoms with van der Waals surface area (Å²) < 4.78 is 5.72. The highest BCUT2D eigenvalue weighted by Crippen LogP contribution is 1.96. The summed E-state index contributed by atoms with van der Waals surface area (Å²) in [6.45, 7) is 2.71. The predicted octanol–water partition coefficient (Wildman–Crippen LogP) is -0.666. The second kappa shape index (κ2) is 3.49. The predicted molar refractivity (Wildman–Crippen MR) is 43.7 cm³/mol. The highest BCUT2D eigenvalue weighted by Gasteiger charge is 2.15. The van der Waals surface area contributed by atoms with Crippen molar-refractivity contribution < 1.29 is 14.3 Å². The lowest BCUT2D eigenvalue weighted by Crippen LogP contribution is -2.44. The summed E-state index contributed by atoms with van der Waals surface area (Å²) >= 11 is 0. The van der Waals surface area contributed by atoms with Crippen LogP contribution in [0, 0.1) is 0 Å². The van der Waals surface area contributed by atoms with Crippen molar-refractivity contribution in [1.82, 2.24) is 0 Å². The van der Waals surface area contributed by atoms with E-state index in [-0.39, 0.29) is 0 Å². The Balaban J connectivity index is 3.44. The van der Waals surface area contributed by atoms with Gasteiger partial charge in [-0.15, -0.1) is 0 Å². The Hall–Kier alpha value is -0.160. The average molecular weight is 163 g/mol. The van der Waals surface area contributed by atoms with Gasteiger partial charge in [0, 0.05) is 6.92 Å². The molecule has 68 valence electrons. The number of nitrogens with zero attached hydrogens (tertiary/aromatic N) is 1. The summed E-state index contributed by atoms with van der Waals surface area (Å²) in [6.07, 6.45) is 0. The molecule has 0 amide bonds. The molecule has 1 unspecified atom stereocenters. The van der Waals surface area contributed by atoms with Gasteiger partial charge >= 0.3 is 0 Å². The van der Waals surface area contributed by atoms with Crippen LogP contribution >= 0.6 is 0 Å². The first-order valence-electron chi connectivity index (χ1n) is 3.66. The normalized spacial score (nSPS) is 18.0. The van der Waals surface area contributed by atoms with Gasteiger partial charge < -0.3 is 14.3 Å². The van der Waals surface area contributed by atoms with Gasteiger partial charge in [0.2, 0.25) is 5.91 Å². The zero-order chi connectivity index (χ0) is 9.12. The third-order valence-electron chi connectivity index (χ3n) is 1.16. The van der Waals surface area contributed by atoms with Crippen molar-refractivity contribution in [3.05, 3.63) is 0 Å². The molecule has 11 heavy (non-hydrogen) atoms. The Labute approximate surface area is 68.1 Å². The zero-order valence-electron chi connectivity index (χ0n) is 7.79. The quantitative estimate of drug-likeness (QED) is 0.427. The van der Waals surface area contributed by atoms with E-state index >= 15 is 0 Å². The van der Waals surface area contributed by atoms with Gasteiger partial charge in [-0.2, -0.15) is 0 Å². The lowest BCUT2D eigenvalue weighted by molar-refractivity contribution is -0.871. The fourth-order valence-corrected chi connectivity index (χ4v) is 0.526. The molecule has 0 radical (unpaired) electrons. The molecule has 0 aromatic rings. The lowest BCUT2D eigenvalue weighted by atomic mass is 10.5. The van der Waals surface area contributed by atoms with Crippen molar-refractivity contribution >= 4 is 0 Å². The molecule has 3 N–H and O–H groups in total. The summed E-state index contributed by atoms with van der Waals surface area (Å²) in [4.78, 5) is 0. The Morgan fingerprint density at radius 1 is 1.45 bits per heavy atom. The molecular formula is C7H19N2O2+. The molecule has 0 saturated heterocycles. The number of hydrogen-bond donors (Lipinski definition) is 2. The Kier molecular flexibility index (Phi) is 3.44. The summed E-state index contributed by atoms with van der Waals surface area (Å²) in [7, 11) is 6.15. The van der Waals surface area contributed by atoms with Crippen LogP contribution in [-0.2, 0) is 4.74 Å². The van der Waals surface area contributed by atoms with E-state index in [1.807, 2.05) is 0 Å². The molecule has 0 aromatic carbocycles. The Bertz CT molecular complexity index is 98.6. The van der Waals surface area contributed by atoms with Crippen LogP contribution in [0.1, 0.15) is 6.92 Å². The van der Waals surface area contributed by atoms with Gasteiger partial charge in [0.25, 0.3) is 0 Å². The third kappa shape index (κ3) is 9.84. The molecule has 0 aliphatic carbocycles. The fraction of sp³-hybridized carbons (Fsp3) is 1.00. The molecule has 0 aromatic heterocycles. The van der Waals surface area contributed by atoms with Crippen LogP contribution in [0.5, 0.6) is 0 Å². The third-order valence-corrected chi connectivity index (χ3v) is 1.16. The minimum Gasteiger partial charge on any atom is -0.354 e. The van der Waals surface area contributed by atoms with E-state index in [9.17, 15) is 0 Å². The molecule has 4 heteroatoms. The van der Waals surface area contributed by atoms with Crippen LogP contribution < -0.4 is 5.73 Å². The second-order valence-corrected chi connectivity index (χ2v) is 3.92. The van der Waals surface area contributed by atoms with Crippen LogP contribution in [0.3, 0.4) is 0 Å². The lowest BCUT2D eigenvalue weighted by Gasteiger charge is -2.25. The summed E-state index contributed by atoms with van der Waals surface area (Å²) in [5.41, 5.74) is 5.19. The van der Waals surface area contributed by atoms with Crippen molar-refractivity contribution in [3.8, 4) is 0 Å². The molecule has 0 aliphatic rings. The average Bonchev–Trinajstić information content (AvgIpc) is 1.55. The van der Waals surface area contributed by atoms with Gasteiger partial charge in [-0.25, -0.2) is 0 Å². The SMILES string of the molecule is CC(N)(O)OCC[N+](C)(C)C. The van der Waals surface area contributed by atoms with Crippen LogP contribution in [0.4, 0.5) is 0 Å².